The average Bonchev–Trinajstić information content (AvgIpc) is 3.34. The van der Waals surface area contributed by atoms with Gasteiger partial charge in [-0.1, -0.05) is 55.0 Å². The van der Waals surface area contributed by atoms with Crippen molar-refractivity contribution in [3.8, 4) is 0 Å². The first-order valence-corrected chi connectivity index (χ1v) is 16.7. The van der Waals surface area contributed by atoms with Gasteiger partial charge in [-0.15, -0.1) is 0 Å². The molecular formula is C38H48F3N3O3. The normalized spacial score (nSPS) is 21.2. The summed E-state index contributed by atoms with van der Waals surface area (Å²) in [4.78, 5) is 29.1. The summed E-state index contributed by atoms with van der Waals surface area (Å²) in [5, 5.41) is 5.41. The van der Waals surface area contributed by atoms with Gasteiger partial charge in [0.25, 0.3) is 5.91 Å². The Morgan fingerprint density at radius 1 is 1.06 bits per heavy atom. The van der Waals surface area contributed by atoms with Crippen molar-refractivity contribution in [2.45, 2.75) is 90.3 Å². The van der Waals surface area contributed by atoms with Gasteiger partial charge < -0.3 is 20.3 Å². The predicted octanol–water partition coefficient (Wildman–Crippen LogP) is 7.82. The number of nitrogens with one attached hydrogen (secondary N) is 2. The summed E-state index contributed by atoms with van der Waals surface area (Å²) in [6.45, 7) is 8.65. The third-order valence-corrected chi connectivity index (χ3v) is 9.21. The van der Waals surface area contributed by atoms with Crippen molar-refractivity contribution in [3.63, 3.8) is 0 Å². The van der Waals surface area contributed by atoms with E-state index in [4.69, 9.17) is 4.74 Å². The number of unbranched alkanes of at least 4 members (excludes halogenated alkanes) is 1. The van der Waals surface area contributed by atoms with E-state index >= 15 is 0 Å². The van der Waals surface area contributed by atoms with E-state index in [1.54, 1.807) is 18.2 Å². The van der Waals surface area contributed by atoms with Crippen LogP contribution < -0.4 is 10.6 Å². The lowest BCUT2D eigenvalue weighted by molar-refractivity contribution is -0.141. The molecule has 1 aromatic rings. The highest BCUT2D eigenvalue weighted by Gasteiger charge is 2.50. The molecule has 47 heavy (non-hydrogen) atoms. The maximum atomic E-state index is 13.7. The summed E-state index contributed by atoms with van der Waals surface area (Å²) in [5.74, 6) is 0.789. The van der Waals surface area contributed by atoms with Gasteiger partial charge in [-0.2, -0.15) is 13.2 Å². The minimum atomic E-state index is -4.49. The van der Waals surface area contributed by atoms with Crippen LogP contribution in [0, 0.1) is 0 Å². The molecule has 9 heteroatoms. The first-order valence-electron chi connectivity index (χ1n) is 16.7. The molecule has 1 aromatic carbocycles. The number of carbonyl (C=O) groups is 2. The summed E-state index contributed by atoms with van der Waals surface area (Å²) >= 11 is 0. The van der Waals surface area contributed by atoms with E-state index in [0.29, 0.717) is 24.2 Å². The molecule has 6 nitrogen and oxygen atoms in total. The van der Waals surface area contributed by atoms with Crippen molar-refractivity contribution < 1.29 is 27.5 Å². The molecular weight excluding hydrogens is 603 g/mol. The number of hydrogen-bond acceptors (Lipinski definition) is 4. The molecule has 0 aromatic heterocycles. The SMILES string of the molecule is C\C=C/C(=C\C=C(/C)O/C(C)=C/C)C(=O)NC1CCN(CCCCC2(C(=O)NCC(F)(F)F)C3=C(CCC=C3)c3ccccc32)CC1. The van der Waals surface area contributed by atoms with Gasteiger partial charge in [0.1, 0.15) is 12.3 Å². The topological polar surface area (TPSA) is 70.7 Å². The predicted molar refractivity (Wildman–Crippen MR) is 181 cm³/mol. The van der Waals surface area contributed by atoms with Crippen LogP contribution in [0.3, 0.4) is 0 Å². The van der Waals surface area contributed by atoms with Crippen molar-refractivity contribution in [1.29, 1.82) is 0 Å². The number of ether oxygens (including phenoxy) is 1. The number of fused-ring (bicyclic) bond motifs is 2. The van der Waals surface area contributed by atoms with Crippen LogP contribution in [-0.2, 0) is 19.7 Å². The maximum Gasteiger partial charge on any atom is 0.405 e. The van der Waals surface area contributed by atoms with Crippen molar-refractivity contribution in [2.75, 3.05) is 26.2 Å². The number of likely N-dealkylation sites (tertiary alicyclic amines) is 1. The van der Waals surface area contributed by atoms with Crippen LogP contribution in [0.1, 0.15) is 83.8 Å². The van der Waals surface area contributed by atoms with Crippen LogP contribution in [0.15, 0.2) is 89.5 Å². The minimum absolute atomic E-state index is 0.0676. The summed E-state index contributed by atoms with van der Waals surface area (Å²) in [5.41, 5.74) is 3.14. The highest BCUT2D eigenvalue weighted by Crippen LogP contribution is 2.52. The van der Waals surface area contributed by atoms with Gasteiger partial charge in [-0.25, -0.2) is 0 Å². The van der Waals surface area contributed by atoms with Crippen molar-refractivity contribution in [1.82, 2.24) is 15.5 Å². The number of halogens is 3. The van der Waals surface area contributed by atoms with E-state index in [1.807, 2.05) is 76.3 Å². The van der Waals surface area contributed by atoms with E-state index in [9.17, 15) is 22.8 Å². The molecule has 4 rings (SSSR count). The second-order valence-electron chi connectivity index (χ2n) is 12.5. The van der Waals surface area contributed by atoms with E-state index in [2.05, 4.69) is 15.5 Å². The first kappa shape index (κ1) is 36.0. The molecule has 0 bridgehead atoms. The summed E-state index contributed by atoms with van der Waals surface area (Å²) in [6, 6.07) is 7.75. The van der Waals surface area contributed by atoms with Gasteiger partial charge in [0.2, 0.25) is 5.91 Å². The largest absolute Gasteiger partial charge is 0.467 e. The van der Waals surface area contributed by atoms with Gasteiger partial charge in [-0.05, 0) is 113 Å². The zero-order valence-electron chi connectivity index (χ0n) is 28.0. The Morgan fingerprint density at radius 2 is 1.81 bits per heavy atom. The Balaban J connectivity index is 1.34. The third kappa shape index (κ3) is 9.15. The molecule has 1 unspecified atom stereocenters. The number of piperidine rings is 1. The van der Waals surface area contributed by atoms with E-state index < -0.39 is 24.0 Å². The van der Waals surface area contributed by atoms with Crippen LogP contribution in [0.5, 0.6) is 0 Å². The zero-order valence-corrected chi connectivity index (χ0v) is 28.0. The second-order valence-corrected chi connectivity index (χ2v) is 12.5. The summed E-state index contributed by atoms with van der Waals surface area (Å²) in [6.07, 6.45) is 13.8. The van der Waals surface area contributed by atoms with Crippen molar-refractivity contribution in [3.05, 3.63) is 101 Å². The molecule has 254 valence electrons. The van der Waals surface area contributed by atoms with Gasteiger partial charge in [0, 0.05) is 24.7 Å². The fourth-order valence-corrected chi connectivity index (χ4v) is 6.80. The fourth-order valence-electron chi connectivity index (χ4n) is 6.80. The smallest absolute Gasteiger partial charge is 0.405 e. The number of benzene rings is 1. The Labute approximate surface area is 277 Å². The van der Waals surface area contributed by atoms with Crippen LogP contribution in [0.2, 0.25) is 0 Å². The Hall–Kier alpha value is -3.85. The van der Waals surface area contributed by atoms with Gasteiger partial charge >= 0.3 is 6.18 Å². The van der Waals surface area contributed by atoms with Crippen molar-refractivity contribution >= 4 is 17.4 Å². The lowest BCUT2D eigenvalue weighted by Crippen LogP contribution is -2.47. The van der Waals surface area contributed by atoms with Crippen LogP contribution >= 0.6 is 0 Å². The molecule has 1 fully saturated rings. The third-order valence-electron chi connectivity index (χ3n) is 9.21. The maximum absolute atomic E-state index is 13.7. The van der Waals surface area contributed by atoms with E-state index in [0.717, 1.165) is 79.8 Å². The molecule has 1 heterocycles. The number of alkyl halides is 3. The summed E-state index contributed by atoms with van der Waals surface area (Å²) in [7, 11) is 0. The molecule has 2 amide bonds. The molecule has 1 atom stereocenters. The standard InChI is InChI=1S/C38H48F3N3O3/c1-5-13-29(19-18-28(4)47-27(3)6-2)35(45)43-30-20-24-44(25-21-30)23-12-11-22-37(36(46)42-26-38(39,40)41)33-16-9-7-14-31(33)32-15-8-10-17-34(32)37/h5-7,9-10,13-14,16-19,30H,8,11-12,15,20-26H2,1-4H3,(H,42,46)(H,43,45)/b13-5-,27-6+,28-18+,29-19+. The van der Waals surface area contributed by atoms with Crippen LogP contribution in [0.25, 0.3) is 5.57 Å². The van der Waals surface area contributed by atoms with E-state index in [1.165, 1.54) is 0 Å². The molecule has 1 saturated heterocycles. The molecule has 0 spiro atoms. The monoisotopic (exact) mass is 651 g/mol. The molecule has 0 radical (unpaired) electrons. The Bertz CT molecular complexity index is 1480. The number of hydrogen-bond donors (Lipinski definition) is 2. The molecule has 2 N–H and O–H groups in total. The van der Waals surface area contributed by atoms with Crippen molar-refractivity contribution in [2.24, 2.45) is 0 Å². The molecule has 3 aliphatic rings. The van der Waals surface area contributed by atoms with Crippen LogP contribution in [0.4, 0.5) is 13.2 Å². The second kappa shape index (κ2) is 16.3. The highest BCUT2D eigenvalue weighted by molar-refractivity contribution is 6.01. The lowest BCUT2D eigenvalue weighted by Gasteiger charge is -2.34. The summed E-state index contributed by atoms with van der Waals surface area (Å²) < 4.78 is 45.2. The van der Waals surface area contributed by atoms with Gasteiger partial charge in [-0.3, -0.25) is 9.59 Å². The average molecular weight is 652 g/mol. The number of allylic oxidation sites excluding steroid dienone is 9. The highest BCUT2D eigenvalue weighted by atomic mass is 19.4. The number of amides is 2. The number of nitrogens with zero attached hydrogens (tertiary/aromatic N) is 1. The van der Waals surface area contributed by atoms with E-state index in [-0.39, 0.29) is 11.9 Å². The quantitative estimate of drug-likeness (QED) is 0.0988. The Morgan fingerprint density at radius 3 is 2.51 bits per heavy atom. The van der Waals surface area contributed by atoms with Gasteiger partial charge in [0.15, 0.2) is 0 Å². The number of rotatable bonds is 13. The molecule has 2 aliphatic carbocycles. The molecule has 0 saturated carbocycles. The first-order chi connectivity index (χ1) is 22.5. The fraction of sp³-hybridized carbons (Fsp3) is 0.474. The minimum Gasteiger partial charge on any atom is -0.467 e. The van der Waals surface area contributed by atoms with Crippen LogP contribution in [-0.4, -0.2) is 55.1 Å². The van der Waals surface area contributed by atoms with Gasteiger partial charge in [0.05, 0.1) is 11.2 Å². The number of carbonyl (C=O) groups excluding carboxylic acids is 2. The molecule has 1 aliphatic heterocycles. The lowest BCUT2D eigenvalue weighted by atomic mass is 9.71. The Kier molecular flexibility index (Phi) is 12.5. The zero-order chi connectivity index (χ0) is 34.0.